The number of rotatable bonds is 4. The Balaban J connectivity index is 1.42. The van der Waals surface area contributed by atoms with Crippen molar-refractivity contribution in [3.8, 4) is 0 Å². The van der Waals surface area contributed by atoms with Gasteiger partial charge in [-0.15, -0.1) is 11.3 Å². The summed E-state index contributed by atoms with van der Waals surface area (Å²) in [7, 11) is 0. The molecule has 1 fully saturated rings. The number of thiazole rings is 1. The summed E-state index contributed by atoms with van der Waals surface area (Å²) in [6.45, 7) is 2.64. The van der Waals surface area contributed by atoms with Crippen LogP contribution in [-0.4, -0.2) is 47.6 Å². The summed E-state index contributed by atoms with van der Waals surface area (Å²) in [6.07, 6.45) is 9.43. The molecule has 0 radical (unpaired) electrons. The number of anilines is 1. The predicted octanol–water partition coefficient (Wildman–Crippen LogP) is 2.44. The summed E-state index contributed by atoms with van der Waals surface area (Å²) in [5, 5.41) is 2.09. The number of fused-ring (bicyclic) bond motifs is 1. The lowest BCUT2D eigenvalue weighted by Gasteiger charge is -2.33. The second-order valence-corrected chi connectivity index (χ2v) is 7.20. The number of H-pyrrole nitrogens is 1. The summed E-state index contributed by atoms with van der Waals surface area (Å²) >= 11 is 1.63. The maximum atomic E-state index is 4.66. The maximum Gasteiger partial charge on any atom is 0.182 e. The maximum absolute atomic E-state index is 4.66. The van der Waals surface area contributed by atoms with Crippen molar-refractivity contribution in [1.82, 2.24) is 34.5 Å². The molecule has 9 heteroatoms. The minimum absolute atomic E-state index is 0.366. The highest BCUT2D eigenvalue weighted by molar-refractivity contribution is 7.07. The van der Waals surface area contributed by atoms with Crippen LogP contribution < -0.4 is 4.90 Å². The van der Waals surface area contributed by atoms with Gasteiger partial charge < -0.3 is 14.5 Å². The van der Waals surface area contributed by atoms with Gasteiger partial charge >= 0.3 is 0 Å². The Morgan fingerprint density at radius 3 is 3.12 bits per heavy atom. The molecule has 1 aliphatic heterocycles. The van der Waals surface area contributed by atoms with E-state index < -0.39 is 0 Å². The largest absolute Gasteiger partial charge is 0.354 e. The summed E-state index contributed by atoms with van der Waals surface area (Å²) in [5.74, 6) is 2.41. The quantitative estimate of drug-likeness (QED) is 0.597. The van der Waals surface area contributed by atoms with E-state index in [4.69, 9.17) is 0 Å². The molecule has 1 aliphatic rings. The molecule has 0 saturated carbocycles. The van der Waals surface area contributed by atoms with E-state index in [1.807, 2.05) is 17.9 Å². The van der Waals surface area contributed by atoms with Gasteiger partial charge in [-0.05, 0) is 12.8 Å². The van der Waals surface area contributed by atoms with E-state index in [0.29, 0.717) is 11.6 Å². The molecular formula is C17H18N8S. The van der Waals surface area contributed by atoms with Gasteiger partial charge in [-0.2, -0.15) is 0 Å². The molecule has 1 saturated heterocycles. The fourth-order valence-corrected chi connectivity index (χ4v) is 4.23. The van der Waals surface area contributed by atoms with Crippen LogP contribution in [0.3, 0.4) is 0 Å². The molecule has 132 valence electrons. The first-order valence-corrected chi connectivity index (χ1v) is 9.60. The zero-order chi connectivity index (χ0) is 17.3. The monoisotopic (exact) mass is 366 g/mol. The van der Waals surface area contributed by atoms with Crippen LogP contribution in [0.2, 0.25) is 0 Å². The molecule has 4 aromatic rings. The third kappa shape index (κ3) is 2.74. The van der Waals surface area contributed by atoms with E-state index in [9.17, 15) is 0 Å². The first-order valence-electron chi connectivity index (χ1n) is 8.65. The highest BCUT2D eigenvalue weighted by Crippen LogP contribution is 2.30. The SMILES string of the molecule is c1cn(Cc2cscn2)c([C@H]2CCCN(c3ncnc4nc[nH]c34)C2)n1. The average molecular weight is 366 g/mol. The molecule has 1 atom stereocenters. The van der Waals surface area contributed by atoms with Gasteiger partial charge in [0.05, 0.1) is 24.1 Å². The fourth-order valence-electron chi connectivity index (χ4n) is 3.68. The van der Waals surface area contributed by atoms with Crippen LogP contribution in [0.25, 0.3) is 11.2 Å². The zero-order valence-electron chi connectivity index (χ0n) is 14.1. The van der Waals surface area contributed by atoms with Gasteiger partial charge in [0.25, 0.3) is 0 Å². The lowest BCUT2D eigenvalue weighted by atomic mass is 9.97. The number of imidazole rings is 2. The van der Waals surface area contributed by atoms with Gasteiger partial charge in [-0.1, -0.05) is 0 Å². The van der Waals surface area contributed by atoms with E-state index in [0.717, 1.165) is 55.3 Å². The average Bonchev–Trinajstić information content (AvgIpc) is 3.43. The van der Waals surface area contributed by atoms with Crippen molar-refractivity contribution in [2.45, 2.75) is 25.3 Å². The molecule has 4 aromatic heterocycles. The molecule has 5 heterocycles. The van der Waals surface area contributed by atoms with Crippen molar-refractivity contribution in [3.63, 3.8) is 0 Å². The third-order valence-electron chi connectivity index (χ3n) is 4.85. The van der Waals surface area contributed by atoms with E-state index >= 15 is 0 Å². The number of nitrogens with zero attached hydrogens (tertiary/aromatic N) is 7. The van der Waals surface area contributed by atoms with E-state index in [2.05, 4.69) is 44.8 Å². The fraction of sp³-hybridized carbons (Fsp3) is 0.353. The minimum Gasteiger partial charge on any atom is -0.354 e. The Hall–Kier alpha value is -2.81. The number of aromatic amines is 1. The Morgan fingerprint density at radius 2 is 2.19 bits per heavy atom. The van der Waals surface area contributed by atoms with Crippen LogP contribution in [0.5, 0.6) is 0 Å². The molecule has 0 aromatic carbocycles. The van der Waals surface area contributed by atoms with Crippen LogP contribution >= 0.6 is 11.3 Å². The topological polar surface area (TPSA) is 88.4 Å². The normalized spacial score (nSPS) is 17.8. The molecule has 8 nitrogen and oxygen atoms in total. The second-order valence-electron chi connectivity index (χ2n) is 6.48. The zero-order valence-corrected chi connectivity index (χ0v) is 14.9. The number of hydrogen-bond donors (Lipinski definition) is 1. The molecule has 0 amide bonds. The second kappa shape index (κ2) is 6.49. The lowest BCUT2D eigenvalue weighted by Crippen LogP contribution is -2.36. The van der Waals surface area contributed by atoms with Crippen LogP contribution in [0, 0.1) is 0 Å². The highest BCUT2D eigenvalue weighted by atomic mass is 32.1. The Morgan fingerprint density at radius 1 is 1.19 bits per heavy atom. The lowest BCUT2D eigenvalue weighted by molar-refractivity contribution is 0.474. The molecule has 26 heavy (non-hydrogen) atoms. The summed E-state index contributed by atoms with van der Waals surface area (Å²) < 4.78 is 2.22. The number of aromatic nitrogens is 7. The molecule has 0 spiro atoms. The van der Waals surface area contributed by atoms with E-state index in [-0.39, 0.29) is 0 Å². The van der Waals surface area contributed by atoms with Crippen molar-refractivity contribution in [1.29, 1.82) is 0 Å². The number of piperidine rings is 1. The molecule has 5 rings (SSSR count). The van der Waals surface area contributed by atoms with E-state index in [1.54, 1.807) is 24.0 Å². The van der Waals surface area contributed by atoms with Crippen LogP contribution in [0.4, 0.5) is 5.82 Å². The van der Waals surface area contributed by atoms with Gasteiger partial charge in [0.2, 0.25) is 0 Å². The Labute approximate surface area is 154 Å². The van der Waals surface area contributed by atoms with Crippen LogP contribution in [0.1, 0.15) is 30.3 Å². The van der Waals surface area contributed by atoms with Crippen molar-refractivity contribution in [2.24, 2.45) is 0 Å². The van der Waals surface area contributed by atoms with Gasteiger partial charge in [0.1, 0.15) is 17.7 Å². The van der Waals surface area contributed by atoms with Crippen molar-refractivity contribution < 1.29 is 0 Å². The Kier molecular flexibility index (Phi) is 3.85. The highest BCUT2D eigenvalue weighted by Gasteiger charge is 2.27. The minimum atomic E-state index is 0.366. The van der Waals surface area contributed by atoms with Crippen molar-refractivity contribution >= 4 is 28.3 Å². The first kappa shape index (κ1) is 15.4. The Bertz CT molecular complexity index is 1000. The molecule has 0 unspecified atom stereocenters. The smallest absolute Gasteiger partial charge is 0.182 e. The third-order valence-corrected chi connectivity index (χ3v) is 5.49. The van der Waals surface area contributed by atoms with Crippen LogP contribution in [-0.2, 0) is 6.54 Å². The van der Waals surface area contributed by atoms with Gasteiger partial charge in [0.15, 0.2) is 11.5 Å². The molecule has 0 aliphatic carbocycles. The van der Waals surface area contributed by atoms with Gasteiger partial charge in [0, 0.05) is 36.8 Å². The number of nitrogens with one attached hydrogen (secondary N) is 1. The van der Waals surface area contributed by atoms with Crippen molar-refractivity contribution in [3.05, 3.63) is 47.5 Å². The summed E-state index contributed by atoms with van der Waals surface area (Å²) in [5.41, 5.74) is 4.57. The van der Waals surface area contributed by atoms with Gasteiger partial charge in [-0.25, -0.2) is 24.9 Å². The molecular weight excluding hydrogens is 348 g/mol. The molecule has 1 N–H and O–H groups in total. The predicted molar refractivity (Wildman–Crippen MR) is 99.3 cm³/mol. The number of hydrogen-bond acceptors (Lipinski definition) is 7. The standard InChI is InChI=1S/C17H18N8S/c1-2-12(16-18-3-5-25(16)7-13-8-26-11-23-13)6-24(4-1)17-14-15(20-9-19-14)21-10-22-17/h3,5,8-12H,1-2,4,6-7H2,(H,19,20,21,22)/t12-/m0/s1. The summed E-state index contributed by atoms with van der Waals surface area (Å²) in [4.78, 5) is 27.5. The van der Waals surface area contributed by atoms with E-state index in [1.165, 1.54) is 0 Å². The molecule has 0 bridgehead atoms. The van der Waals surface area contributed by atoms with Crippen LogP contribution in [0.15, 0.2) is 35.9 Å². The summed E-state index contributed by atoms with van der Waals surface area (Å²) in [6, 6.07) is 0. The first-order chi connectivity index (χ1) is 12.9. The van der Waals surface area contributed by atoms with Gasteiger partial charge in [-0.3, -0.25) is 0 Å². The van der Waals surface area contributed by atoms with Crippen molar-refractivity contribution in [2.75, 3.05) is 18.0 Å².